The van der Waals surface area contributed by atoms with E-state index in [1.54, 1.807) is 0 Å². The molecule has 1 aliphatic rings. The molecule has 0 aromatic heterocycles. The molecule has 0 N–H and O–H groups in total. The maximum absolute atomic E-state index is 10.9. The minimum absolute atomic E-state index is 0.196. The first-order chi connectivity index (χ1) is 4.22. The van der Waals surface area contributed by atoms with Gasteiger partial charge in [-0.2, -0.15) is 0 Å². The maximum atomic E-state index is 10.9. The molecular formula is C7H11ClO. The molecule has 1 rings (SSSR count). The van der Waals surface area contributed by atoms with E-state index in [1.165, 1.54) is 0 Å². The third kappa shape index (κ3) is 1.45. The number of carbonyl (C=O) groups is 1. The fourth-order valence-corrected chi connectivity index (χ4v) is 1.43. The van der Waals surface area contributed by atoms with Crippen LogP contribution in [0.5, 0.6) is 0 Å². The second-order valence-electron chi connectivity index (χ2n) is 2.74. The minimum atomic E-state index is -0.196. The number of hydrogen-bond donors (Lipinski definition) is 0. The summed E-state index contributed by atoms with van der Waals surface area (Å²) in [5.74, 6) is 0.628. The number of halogens is 1. The molecule has 1 saturated carbocycles. The summed E-state index contributed by atoms with van der Waals surface area (Å²) < 4.78 is 0. The van der Waals surface area contributed by atoms with Gasteiger partial charge in [0.2, 0.25) is 0 Å². The molecule has 0 unspecified atom stereocenters. The molecule has 0 aromatic carbocycles. The van der Waals surface area contributed by atoms with Crippen molar-refractivity contribution >= 4 is 17.4 Å². The summed E-state index contributed by atoms with van der Waals surface area (Å²) in [5.41, 5.74) is 0. The van der Waals surface area contributed by atoms with Gasteiger partial charge in [-0.15, -0.1) is 11.6 Å². The van der Waals surface area contributed by atoms with Crippen LogP contribution in [0.25, 0.3) is 0 Å². The molecule has 0 aromatic rings. The first kappa shape index (κ1) is 7.07. The van der Waals surface area contributed by atoms with Crippen LogP contribution in [0, 0.1) is 5.92 Å². The Morgan fingerprint density at radius 3 is 2.78 bits per heavy atom. The fourth-order valence-electron chi connectivity index (χ4n) is 1.20. The Balaban J connectivity index is 2.51. The van der Waals surface area contributed by atoms with Crippen LogP contribution in [0.2, 0.25) is 0 Å². The van der Waals surface area contributed by atoms with Crippen molar-refractivity contribution in [1.29, 1.82) is 0 Å². The summed E-state index contributed by atoms with van der Waals surface area (Å²) in [7, 11) is 0. The summed E-state index contributed by atoms with van der Waals surface area (Å²) in [6, 6.07) is 0. The van der Waals surface area contributed by atoms with Crippen LogP contribution in [-0.2, 0) is 4.79 Å². The molecule has 0 spiro atoms. The lowest BCUT2D eigenvalue weighted by Crippen LogP contribution is -2.26. The molecule has 2 atom stereocenters. The van der Waals surface area contributed by atoms with Crippen molar-refractivity contribution in [2.75, 3.05) is 0 Å². The largest absolute Gasteiger partial charge is 0.298 e. The lowest BCUT2D eigenvalue weighted by atomic mass is 9.89. The van der Waals surface area contributed by atoms with E-state index in [-0.39, 0.29) is 11.2 Å². The van der Waals surface area contributed by atoms with Gasteiger partial charge in [0, 0.05) is 6.42 Å². The van der Waals surface area contributed by atoms with Gasteiger partial charge in [0.15, 0.2) is 5.78 Å². The molecule has 52 valence electrons. The van der Waals surface area contributed by atoms with Crippen molar-refractivity contribution < 1.29 is 4.79 Å². The minimum Gasteiger partial charge on any atom is -0.298 e. The van der Waals surface area contributed by atoms with Gasteiger partial charge in [-0.3, -0.25) is 4.79 Å². The highest BCUT2D eigenvalue weighted by Gasteiger charge is 2.25. The van der Waals surface area contributed by atoms with Crippen molar-refractivity contribution in [3.63, 3.8) is 0 Å². The Bertz CT molecular complexity index is 122. The van der Waals surface area contributed by atoms with Crippen LogP contribution >= 0.6 is 11.6 Å². The average molecular weight is 147 g/mol. The monoisotopic (exact) mass is 146 g/mol. The predicted octanol–water partition coefficient (Wildman–Crippen LogP) is 1.98. The Kier molecular flexibility index (Phi) is 2.12. The topological polar surface area (TPSA) is 17.1 Å². The number of hydrogen-bond acceptors (Lipinski definition) is 1. The van der Waals surface area contributed by atoms with Gasteiger partial charge in [-0.05, 0) is 18.8 Å². The zero-order valence-electron chi connectivity index (χ0n) is 5.56. The van der Waals surface area contributed by atoms with E-state index in [2.05, 4.69) is 0 Å². The fraction of sp³-hybridized carbons (Fsp3) is 0.857. The molecular weight excluding hydrogens is 136 g/mol. The average Bonchev–Trinajstić information content (AvgIpc) is 1.83. The molecule has 0 heterocycles. The SMILES string of the molecule is C[C@@H]1CCCC(=O)[C@H]1Cl. The van der Waals surface area contributed by atoms with Crippen LogP contribution in [0.15, 0.2) is 0 Å². The van der Waals surface area contributed by atoms with E-state index in [0.29, 0.717) is 12.3 Å². The molecule has 2 heteroatoms. The van der Waals surface area contributed by atoms with Crippen LogP contribution in [0.3, 0.4) is 0 Å². The highest BCUT2D eigenvalue weighted by molar-refractivity contribution is 6.31. The molecule has 1 aliphatic carbocycles. The highest BCUT2D eigenvalue weighted by atomic mass is 35.5. The highest BCUT2D eigenvalue weighted by Crippen LogP contribution is 2.24. The molecule has 0 aliphatic heterocycles. The predicted molar refractivity (Wildman–Crippen MR) is 37.7 cm³/mol. The Labute approximate surface area is 60.4 Å². The normalized spacial score (nSPS) is 36.9. The van der Waals surface area contributed by atoms with Crippen LogP contribution in [0.4, 0.5) is 0 Å². The quantitative estimate of drug-likeness (QED) is 0.478. The standard InChI is InChI=1S/C7H11ClO/c1-5-3-2-4-6(9)7(5)8/h5,7H,2-4H2,1H3/t5-,7+/m1/s1. The number of rotatable bonds is 0. The Morgan fingerprint density at radius 1 is 1.67 bits per heavy atom. The summed E-state index contributed by atoms with van der Waals surface area (Å²) >= 11 is 5.77. The van der Waals surface area contributed by atoms with Crippen LogP contribution in [-0.4, -0.2) is 11.2 Å². The lowest BCUT2D eigenvalue weighted by Gasteiger charge is -2.21. The van der Waals surface area contributed by atoms with Crippen molar-refractivity contribution in [2.45, 2.75) is 31.6 Å². The number of alkyl halides is 1. The van der Waals surface area contributed by atoms with Gasteiger partial charge < -0.3 is 0 Å². The molecule has 0 bridgehead atoms. The first-order valence-corrected chi connectivity index (χ1v) is 3.82. The maximum Gasteiger partial charge on any atom is 0.150 e. The van der Waals surface area contributed by atoms with Gasteiger partial charge in [0.05, 0.1) is 5.38 Å². The van der Waals surface area contributed by atoms with E-state index in [4.69, 9.17) is 11.6 Å². The van der Waals surface area contributed by atoms with Crippen LogP contribution < -0.4 is 0 Å². The third-order valence-corrected chi connectivity index (χ3v) is 2.56. The Hall–Kier alpha value is -0.0400. The van der Waals surface area contributed by atoms with Crippen molar-refractivity contribution in [1.82, 2.24) is 0 Å². The smallest absolute Gasteiger partial charge is 0.150 e. The summed E-state index contributed by atoms with van der Waals surface area (Å²) in [4.78, 5) is 10.9. The Morgan fingerprint density at radius 2 is 2.33 bits per heavy atom. The van der Waals surface area contributed by atoms with E-state index >= 15 is 0 Å². The van der Waals surface area contributed by atoms with Crippen molar-refractivity contribution in [2.24, 2.45) is 5.92 Å². The zero-order valence-corrected chi connectivity index (χ0v) is 6.32. The van der Waals surface area contributed by atoms with E-state index in [9.17, 15) is 4.79 Å². The summed E-state index contributed by atoms with van der Waals surface area (Å²) in [6.07, 6.45) is 2.83. The molecule has 0 saturated heterocycles. The van der Waals surface area contributed by atoms with Gasteiger partial charge in [-0.25, -0.2) is 0 Å². The molecule has 9 heavy (non-hydrogen) atoms. The van der Waals surface area contributed by atoms with Gasteiger partial charge >= 0.3 is 0 Å². The molecule has 1 nitrogen and oxygen atoms in total. The number of ketones is 1. The van der Waals surface area contributed by atoms with E-state index in [1.807, 2.05) is 6.92 Å². The second kappa shape index (κ2) is 2.70. The van der Waals surface area contributed by atoms with Crippen molar-refractivity contribution in [3.05, 3.63) is 0 Å². The van der Waals surface area contributed by atoms with Gasteiger partial charge in [0.1, 0.15) is 0 Å². The summed E-state index contributed by atoms with van der Waals surface area (Å²) in [5, 5.41) is -0.196. The molecule has 0 radical (unpaired) electrons. The van der Waals surface area contributed by atoms with E-state index < -0.39 is 0 Å². The second-order valence-corrected chi connectivity index (χ2v) is 3.21. The molecule has 0 amide bonds. The van der Waals surface area contributed by atoms with Crippen molar-refractivity contribution in [3.8, 4) is 0 Å². The molecule has 1 fully saturated rings. The van der Waals surface area contributed by atoms with E-state index in [0.717, 1.165) is 12.8 Å². The first-order valence-electron chi connectivity index (χ1n) is 3.38. The third-order valence-electron chi connectivity index (χ3n) is 1.89. The number of carbonyl (C=O) groups excluding carboxylic acids is 1. The van der Waals surface area contributed by atoms with Crippen LogP contribution in [0.1, 0.15) is 26.2 Å². The zero-order chi connectivity index (χ0) is 6.85. The van der Waals surface area contributed by atoms with Gasteiger partial charge in [0.25, 0.3) is 0 Å². The summed E-state index contributed by atoms with van der Waals surface area (Å²) in [6.45, 7) is 2.04. The number of Topliss-reactive ketones (excluding diaryl/α,β-unsaturated/α-hetero) is 1. The lowest BCUT2D eigenvalue weighted by molar-refractivity contribution is -0.120. The van der Waals surface area contributed by atoms with Gasteiger partial charge in [-0.1, -0.05) is 6.92 Å².